The average Bonchev–Trinajstić information content (AvgIpc) is 2.71. The molecule has 0 bridgehead atoms. The Morgan fingerprint density at radius 3 is 1.96 bits per heavy atom. The van der Waals surface area contributed by atoms with E-state index in [2.05, 4.69) is 43.4 Å². The summed E-state index contributed by atoms with van der Waals surface area (Å²) in [5.74, 6) is 0.0226. The van der Waals surface area contributed by atoms with Gasteiger partial charge in [0.05, 0.1) is 0 Å². The van der Waals surface area contributed by atoms with Crippen LogP contribution in [0.5, 0.6) is 0 Å². The fraction of sp³-hybridized carbons (Fsp3) is 0.731. The van der Waals surface area contributed by atoms with Crippen molar-refractivity contribution in [1.29, 1.82) is 0 Å². The Labute approximate surface area is 174 Å². The van der Waals surface area contributed by atoms with Crippen molar-refractivity contribution >= 4 is 5.97 Å². The lowest BCUT2D eigenvalue weighted by atomic mass is 9.98. The summed E-state index contributed by atoms with van der Waals surface area (Å²) in [6.07, 6.45) is 33.3. The molecule has 2 nitrogen and oxygen atoms in total. The first kappa shape index (κ1) is 24.7. The monoisotopic (exact) mass is 388 g/mol. The van der Waals surface area contributed by atoms with Crippen LogP contribution in [0.25, 0.3) is 0 Å². The molecule has 2 heteroatoms. The summed E-state index contributed by atoms with van der Waals surface area (Å²) in [7, 11) is 0. The van der Waals surface area contributed by atoms with Crippen molar-refractivity contribution in [1.82, 2.24) is 0 Å². The van der Waals surface area contributed by atoms with Crippen LogP contribution < -0.4 is 0 Å². The van der Waals surface area contributed by atoms with Gasteiger partial charge in [-0.15, -0.1) is 0 Å². The zero-order valence-corrected chi connectivity index (χ0v) is 18.4. The first-order chi connectivity index (χ1) is 13.8. The van der Waals surface area contributed by atoms with E-state index in [0.717, 1.165) is 44.9 Å². The zero-order valence-electron chi connectivity index (χ0n) is 18.4. The first-order valence-electron chi connectivity index (χ1n) is 12.0. The molecule has 0 spiro atoms. The molecule has 1 saturated carbocycles. The Morgan fingerprint density at radius 2 is 1.32 bits per heavy atom. The molecule has 1 rings (SSSR count). The largest absolute Gasteiger partial charge is 0.462 e. The second kappa shape index (κ2) is 19.0. The molecule has 28 heavy (non-hydrogen) atoms. The van der Waals surface area contributed by atoms with E-state index in [1.165, 1.54) is 57.8 Å². The molecule has 0 aromatic heterocycles. The first-order valence-corrected chi connectivity index (χ1v) is 12.0. The predicted octanol–water partition coefficient (Wildman–Crippen LogP) is 8.23. The minimum absolute atomic E-state index is 0.0226. The summed E-state index contributed by atoms with van der Waals surface area (Å²) in [5, 5.41) is 0. The van der Waals surface area contributed by atoms with Crippen LogP contribution in [0, 0.1) is 0 Å². The minimum Gasteiger partial charge on any atom is -0.462 e. The van der Waals surface area contributed by atoms with Gasteiger partial charge in [0.1, 0.15) is 6.10 Å². The number of unbranched alkanes of at least 4 members (excludes halogenated alkanes) is 7. The summed E-state index contributed by atoms with van der Waals surface area (Å²) in [4.78, 5) is 11.8. The van der Waals surface area contributed by atoms with Crippen LogP contribution in [0.4, 0.5) is 0 Å². The van der Waals surface area contributed by atoms with Gasteiger partial charge in [0.2, 0.25) is 0 Å². The van der Waals surface area contributed by atoms with Crippen molar-refractivity contribution in [2.75, 3.05) is 0 Å². The quantitative estimate of drug-likeness (QED) is 0.151. The summed E-state index contributed by atoms with van der Waals surface area (Å²) >= 11 is 0. The summed E-state index contributed by atoms with van der Waals surface area (Å²) in [6, 6.07) is 0. The second-order valence-electron chi connectivity index (χ2n) is 8.08. The average molecular weight is 389 g/mol. The Bertz CT molecular complexity index is 441. The van der Waals surface area contributed by atoms with Crippen LogP contribution >= 0.6 is 0 Å². The van der Waals surface area contributed by atoms with Gasteiger partial charge in [-0.25, -0.2) is 0 Å². The van der Waals surface area contributed by atoms with Gasteiger partial charge >= 0.3 is 5.97 Å². The highest BCUT2D eigenvalue weighted by Gasteiger charge is 2.17. The van der Waals surface area contributed by atoms with E-state index in [1.807, 2.05) is 0 Å². The zero-order chi connectivity index (χ0) is 20.1. The van der Waals surface area contributed by atoms with Crippen LogP contribution in [0.1, 0.15) is 116 Å². The van der Waals surface area contributed by atoms with Crippen molar-refractivity contribution in [2.24, 2.45) is 0 Å². The Hall–Kier alpha value is -1.31. The molecule has 0 heterocycles. The molecule has 1 aliphatic rings. The maximum atomic E-state index is 11.8. The van der Waals surface area contributed by atoms with Gasteiger partial charge in [-0.3, -0.25) is 4.79 Å². The molecule has 0 aliphatic heterocycles. The third-order valence-electron chi connectivity index (χ3n) is 5.37. The lowest BCUT2D eigenvalue weighted by Gasteiger charge is -2.21. The molecule has 160 valence electrons. The van der Waals surface area contributed by atoms with Gasteiger partial charge in [-0.2, -0.15) is 0 Å². The normalized spacial score (nSPS) is 15.9. The number of rotatable bonds is 16. The number of carbonyl (C=O) groups is 1. The van der Waals surface area contributed by atoms with Gasteiger partial charge in [-0.1, -0.05) is 75.5 Å². The smallest absolute Gasteiger partial charge is 0.306 e. The van der Waals surface area contributed by atoms with Crippen molar-refractivity contribution in [3.63, 3.8) is 0 Å². The third-order valence-corrected chi connectivity index (χ3v) is 5.37. The lowest BCUT2D eigenvalue weighted by Crippen LogP contribution is -2.20. The number of hydrogen-bond acceptors (Lipinski definition) is 2. The molecule has 1 fully saturated rings. The molecular formula is C26H44O2. The van der Waals surface area contributed by atoms with Gasteiger partial charge in [0.15, 0.2) is 0 Å². The van der Waals surface area contributed by atoms with Crippen LogP contribution in [0.3, 0.4) is 0 Å². The van der Waals surface area contributed by atoms with E-state index in [-0.39, 0.29) is 12.1 Å². The standard InChI is InChI=1S/C26H44O2/c1-2-3-4-5-6-7-8-9-10-11-12-13-14-15-16-17-21-24-26(27)28-25-22-19-18-20-23-25/h6-7,9-10,12-13,25H,2-5,8,11,14-24H2,1H3/b7-6+,10-9+,13-12+. The van der Waals surface area contributed by atoms with E-state index in [4.69, 9.17) is 4.74 Å². The number of allylic oxidation sites excluding steroid dienone is 6. The third kappa shape index (κ3) is 15.7. The van der Waals surface area contributed by atoms with E-state index in [9.17, 15) is 4.79 Å². The summed E-state index contributed by atoms with van der Waals surface area (Å²) in [6.45, 7) is 2.25. The molecule has 1 aliphatic carbocycles. The van der Waals surface area contributed by atoms with Gasteiger partial charge in [0.25, 0.3) is 0 Å². The van der Waals surface area contributed by atoms with Gasteiger partial charge < -0.3 is 4.74 Å². The lowest BCUT2D eigenvalue weighted by molar-refractivity contribution is -0.150. The molecule has 0 aromatic carbocycles. The highest BCUT2D eigenvalue weighted by Crippen LogP contribution is 2.21. The topological polar surface area (TPSA) is 26.3 Å². The highest BCUT2D eigenvalue weighted by atomic mass is 16.5. The van der Waals surface area contributed by atoms with E-state index < -0.39 is 0 Å². The molecule has 0 saturated heterocycles. The van der Waals surface area contributed by atoms with Crippen LogP contribution in [-0.2, 0) is 9.53 Å². The van der Waals surface area contributed by atoms with Crippen molar-refractivity contribution in [3.8, 4) is 0 Å². The molecule has 0 radical (unpaired) electrons. The Balaban J connectivity index is 1.84. The number of ether oxygens (including phenoxy) is 1. The predicted molar refractivity (Wildman–Crippen MR) is 121 cm³/mol. The summed E-state index contributed by atoms with van der Waals surface area (Å²) in [5.41, 5.74) is 0. The molecule has 0 unspecified atom stereocenters. The van der Waals surface area contributed by atoms with E-state index in [1.54, 1.807) is 0 Å². The maximum Gasteiger partial charge on any atom is 0.306 e. The van der Waals surface area contributed by atoms with Crippen LogP contribution in [0.15, 0.2) is 36.5 Å². The maximum absolute atomic E-state index is 11.8. The summed E-state index contributed by atoms with van der Waals surface area (Å²) < 4.78 is 5.56. The fourth-order valence-corrected chi connectivity index (χ4v) is 3.60. The van der Waals surface area contributed by atoms with E-state index in [0.29, 0.717) is 6.42 Å². The second-order valence-corrected chi connectivity index (χ2v) is 8.08. The van der Waals surface area contributed by atoms with Gasteiger partial charge in [0, 0.05) is 6.42 Å². The Morgan fingerprint density at radius 1 is 0.750 bits per heavy atom. The SMILES string of the molecule is CCCCC/C=C/C/C=C/C/C=C/CCCCCCC(=O)OC1CCCCC1. The van der Waals surface area contributed by atoms with Crippen molar-refractivity contribution < 1.29 is 9.53 Å². The minimum atomic E-state index is 0.0226. The number of esters is 1. The molecule has 0 atom stereocenters. The molecular weight excluding hydrogens is 344 g/mol. The van der Waals surface area contributed by atoms with Crippen LogP contribution in [-0.4, -0.2) is 12.1 Å². The molecule has 0 amide bonds. The van der Waals surface area contributed by atoms with E-state index >= 15 is 0 Å². The Kier molecular flexibility index (Phi) is 16.8. The highest BCUT2D eigenvalue weighted by molar-refractivity contribution is 5.69. The van der Waals surface area contributed by atoms with Gasteiger partial charge in [-0.05, 0) is 70.6 Å². The molecule has 0 aromatic rings. The van der Waals surface area contributed by atoms with Crippen molar-refractivity contribution in [3.05, 3.63) is 36.5 Å². The van der Waals surface area contributed by atoms with Crippen LogP contribution in [0.2, 0.25) is 0 Å². The van der Waals surface area contributed by atoms with Crippen molar-refractivity contribution in [2.45, 2.75) is 122 Å². The number of carbonyl (C=O) groups excluding carboxylic acids is 1. The molecule has 0 N–H and O–H groups in total. The number of hydrogen-bond donors (Lipinski definition) is 0. The fourth-order valence-electron chi connectivity index (χ4n) is 3.60.